The van der Waals surface area contributed by atoms with Crippen LogP contribution >= 0.6 is 0 Å². The Balaban J connectivity index is 2.83. The third-order valence-corrected chi connectivity index (χ3v) is 0.489. The lowest BCUT2D eigenvalue weighted by atomic mass is 10.7. The highest BCUT2D eigenvalue weighted by Gasteiger charge is 1.71. The molecular weight excluding hydrogens is 92.1 g/mol. The lowest BCUT2D eigenvalue weighted by molar-refractivity contribution is 0.178. The summed E-state index contributed by atoms with van der Waals surface area (Å²) >= 11 is 0. The Morgan fingerprint density at radius 3 is 3.00 bits per heavy atom. The zero-order valence-corrected chi connectivity index (χ0v) is 4.31. The number of rotatable bonds is 3. The van der Waals surface area contributed by atoms with Gasteiger partial charge in [0.05, 0.1) is 6.61 Å². The fourth-order valence-corrected chi connectivity index (χ4v) is 0.211. The van der Waals surface area contributed by atoms with Gasteiger partial charge < -0.3 is 4.74 Å². The van der Waals surface area contributed by atoms with Crippen LogP contribution in [0.2, 0.25) is 0 Å². The molecule has 0 aliphatic carbocycles. The highest BCUT2D eigenvalue weighted by molar-refractivity contribution is 5.44. The quantitative estimate of drug-likeness (QED) is 0.379. The van der Waals surface area contributed by atoms with Crippen LogP contribution in [-0.4, -0.2) is 19.2 Å². The third-order valence-electron chi connectivity index (χ3n) is 0.489. The van der Waals surface area contributed by atoms with Gasteiger partial charge in [0.1, 0.15) is 5.94 Å². The predicted molar refractivity (Wildman–Crippen MR) is 26.8 cm³/mol. The van der Waals surface area contributed by atoms with Crippen LogP contribution < -0.4 is 0 Å². The van der Waals surface area contributed by atoms with Crippen molar-refractivity contribution in [1.29, 1.82) is 0 Å². The average Bonchev–Trinajstić information content (AvgIpc) is 1.69. The second-order valence-corrected chi connectivity index (χ2v) is 0.981. The molecule has 7 heavy (non-hydrogen) atoms. The topological polar surface area (TPSA) is 26.3 Å². The molecule has 0 N–H and O–H groups in total. The van der Waals surface area contributed by atoms with E-state index in [1.165, 1.54) is 6.08 Å². The van der Waals surface area contributed by atoms with Gasteiger partial charge in [0.25, 0.3) is 0 Å². The summed E-state index contributed by atoms with van der Waals surface area (Å²) in [4.78, 5) is 9.42. The van der Waals surface area contributed by atoms with Crippen LogP contribution in [0, 0.1) is 0 Å². The zero-order valence-electron chi connectivity index (χ0n) is 4.31. The molecule has 0 rings (SSSR count). The van der Waals surface area contributed by atoms with Crippen LogP contribution in [0.4, 0.5) is 0 Å². The zero-order chi connectivity index (χ0) is 5.54. The van der Waals surface area contributed by atoms with E-state index in [0.29, 0.717) is 13.2 Å². The fourth-order valence-electron chi connectivity index (χ4n) is 0.211. The molecule has 0 saturated carbocycles. The Morgan fingerprint density at radius 2 is 2.57 bits per heavy atom. The van der Waals surface area contributed by atoms with Crippen molar-refractivity contribution in [1.82, 2.24) is 0 Å². The molecule has 0 amide bonds. The van der Waals surface area contributed by atoms with E-state index >= 15 is 0 Å². The summed E-state index contributed by atoms with van der Waals surface area (Å²) in [5.74, 6) is 1.60. The lowest BCUT2D eigenvalue weighted by Gasteiger charge is -1.87. The smallest absolute Gasteiger partial charge is 0.122 e. The Kier molecular flexibility index (Phi) is 4.95. The van der Waals surface area contributed by atoms with Crippen LogP contribution in [0.3, 0.4) is 0 Å². The Hall–Kier alpha value is -0.590. The molecule has 0 radical (unpaired) electrons. The van der Waals surface area contributed by atoms with Gasteiger partial charge in [0, 0.05) is 12.7 Å². The van der Waals surface area contributed by atoms with Crippen molar-refractivity contribution in [3.05, 3.63) is 6.08 Å². The Labute approximate surface area is 42.8 Å². The van der Waals surface area contributed by atoms with Gasteiger partial charge in [-0.25, -0.2) is 4.79 Å². The van der Waals surface area contributed by atoms with Crippen molar-refractivity contribution < 1.29 is 9.53 Å². The molecule has 0 aliphatic rings. The van der Waals surface area contributed by atoms with E-state index in [1.54, 1.807) is 5.94 Å². The van der Waals surface area contributed by atoms with E-state index in [2.05, 4.69) is 0 Å². The highest BCUT2D eigenvalue weighted by atomic mass is 16.5. The Morgan fingerprint density at radius 1 is 1.86 bits per heavy atom. The minimum atomic E-state index is 0.389. The first kappa shape index (κ1) is 6.41. The maximum Gasteiger partial charge on any atom is 0.122 e. The summed E-state index contributed by atoms with van der Waals surface area (Å²) in [5, 5.41) is 0. The van der Waals surface area contributed by atoms with Crippen LogP contribution in [0.5, 0.6) is 0 Å². The summed E-state index contributed by atoms with van der Waals surface area (Å²) in [6.07, 6.45) is 1.31. The maximum absolute atomic E-state index is 9.42. The van der Waals surface area contributed by atoms with Crippen molar-refractivity contribution in [3.8, 4) is 0 Å². The standard InChI is InChI=1S/C5H8O2/c1-2-7-5-3-4-6/h3H,2,5H2,1H3. The van der Waals surface area contributed by atoms with Gasteiger partial charge in [-0.2, -0.15) is 0 Å². The minimum absolute atomic E-state index is 0.389. The Bertz CT molecular complexity index is 72.1. The second-order valence-electron chi connectivity index (χ2n) is 0.981. The molecule has 0 heterocycles. The molecule has 40 valence electrons. The minimum Gasteiger partial charge on any atom is -0.377 e. The predicted octanol–water partition coefficient (Wildman–Crippen LogP) is 0.411. The molecular formula is C5H8O2. The van der Waals surface area contributed by atoms with E-state index in [-0.39, 0.29) is 0 Å². The molecule has 0 atom stereocenters. The molecule has 0 spiro atoms. The maximum atomic E-state index is 9.42. The van der Waals surface area contributed by atoms with Crippen molar-refractivity contribution in [3.63, 3.8) is 0 Å². The summed E-state index contributed by atoms with van der Waals surface area (Å²) < 4.78 is 4.76. The van der Waals surface area contributed by atoms with Gasteiger partial charge in [-0.1, -0.05) is 0 Å². The molecule has 0 bridgehead atoms. The molecule has 0 unspecified atom stereocenters. The first-order chi connectivity index (χ1) is 3.41. The van der Waals surface area contributed by atoms with Crippen LogP contribution in [0.1, 0.15) is 6.92 Å². The molecule has 0 aromatic rings. The van der Waals surface area contributed by atoms with Gasteiger partial charge in [-0.3, -0.25) is 0 Å². The normalized spacial score (nSPS) is 7.57. The fraction of sp³-hybridized carbons (Fsp3) is 0.600. The lowest BCUT2D eigenvalue weighted by Crippen LogP contribution is -1.87. The highest BCUT2D eigenvalue weighted by Crippen LogP contribution is 1.68. The molecule has 0 aromatic heterocycles. The van der Waals surface area contributed by atoms with Crippen molar-refractivity contribution in [2.75, 3.05) is 13.2 Å². The molecule has 0 saturated heterocycles. The van der Waals surface area contributed by atoms with Gasteiger partial charge in [-0.15, -0.1) is 0 Å². The molecule has 0 aromatic carbocycles. The first-order valence-corrected chi connectivity index (χ1v) is 2.19. The summed E-state index contributed by atoms with van der Waals surface area (Å²) in [6.45, 7) is 2.91. The van der Waals surface area contributed by atoms with E-state index in [9.17, 15) is 4.79 Å². The summed E-state index contributed by atoms with van der Waals surface area (Å²) in [6, 6.07) is 0. The third kappa shape index (κ3) is 5.41. The molecule has 0 fully saturated rings. The largest absolute Gasteiger partial charge is 0.377 e. The first-order valence-electron chi connectivity index (χ1n) is 2.19. The van der Waals surface area contributed by atoms with Crippen molar-refractivity contribution in [2.24, 2.45) is 0 Å². The van der Waals surface area contributed by atoms with Gasteiger partial charge >= 0.3 is 0 Å². The molecule has 2 nitrogen and oxygen atoms in total. The number of hydrogen-bond acceptors (Lipinski definition) is 2. The van der Waals surface area contributed by atoms with Gasteiger partial charge in [0.15, 0.2) is 0 Å². The van der Waals surface area contributed by atoms with Crippen LogP contribution in [0.15, 0.2) is 6.08 Å². The average molecular weight is 100 g/mol. The summed E-state index contributed by atoms with van der Waals surface area (Å²) in [7, 11) is 0. The van der Waals surface area contributed by atoms with Crippen molar-refractivity contribution >= 4 is 5.94 Å². The molecule has 2 heteroatoms. The number of carbonyl (C=O) groups excluding carboxylic acids is 1. The van der Waals surface area contributed by atoms with Gasteiger partial charge in [0.2, 0.25) is 0 Å². The van der Waals surface area contributed by atoms with E-state index < -0.39 is 0 Å². The van der Waals surface area contributed by atoms with Crippen molar-refractivity contribution in [2.45, 2.75) is 6.92 Å². The van der Waals surface area contributed by atoms with E-state index in [1.807, 2.05) is 6.92 Å². The number of hydrogen-bond donors (Lipinski definition) is 0. The monoisotopic (exact) mass is 100 g/mol. The molecule has 0 aliphatic heterocycles. The number of ether oxygens (including phenoxy) is 1. The van der Waals surface area contributed by atoms with E-state index in [4.69, 9.17) is 4.74 Å². The second kappa shape index (κ2) is 5.41. The van der Waals surface area contributed by atoms with Crippen LogP contribution in [0.25, 0.3) is 0 Å². The summed E-state index contributed by atoms with van der Waals surface area (Å²) in [5.41, 5.74) is 0. The van der Waals surface area contributed by atoms with E-state index in [0.717, 1.165) is 0 Å². The SMILES string of the molecule is CCOCC=C=O. The van der Waals surface area contributed by atoms with Gasteiger partial charge in [-0.05, 0) is 6.92 Å². The van der Waals surface area contributed by atoms with Crippen LogP contribution in [-0.2, 0) is 9.53 Å².